The van der Waals surface area contributed by atoms with E-state index < -0.39 is 16.1 Å². The molecule has 0 fully saturated rings. The van der Waals surface area contributed by atoms with Crippen LogP contribution in [0.15, 0.2) is 47.4 Å². The van der Waals surface area contributed by atoms with Crippen molar-refractivity contribution in [2.24, 2.45) is 5.92 Å². The number of rotatable bonds is 5. The lowest BCUT2D eigenvalue weighted by Gasteiger charge is -2.36. The summed E-state index contributed by atoms with van der Waals surface area (Å²) in [7, 11) is -0.412. The molecule has 32 heavy (non-hydrogen) atoms. The van der Waals surface area contributed by atoms with Crippen LogP contribution in [0, 0.1) is 17.8 Å². The summed E-state index contributed by atoms with van der Waals surface area (Å²) in [5, 5.41) is 12.8. The summed E-state index contributed by atoms with van der Waals surface area (Å²) in [6.07, 6.45) is -0.243. The number of methoxy groups -OCH3 is 1. The normalized spacial score (nSPS) is 21.2. The molecule has 2 N–H and O–H groups in total. The van der Waals surface area contributed by atoms with Gasteiger partial charge in [-0.2, -0.15) is 4.31 Å². The average Bonchev–Trinajstić information content (AvgIpc) is 2.79. The molecular formula is C24H30N2O5S. The van der Waals surface area contributed by atoms with Gasteiger partial charge < -0.3 is 19.9 Å². The van der Waals surface area contributed by atoms with Gasteiger partial charge in [-0.05, 0) is 56.4 Å². The summed E-state index contributed by atoms with van der Waals surface area (Å²) in [4.78, 5) is 0.0841. The maximum Gasteiger partial charge on any atom is 0.247 e. The summed E-state index contributed by atoms with van der Waals surface area (Å²) in [5.74, 6) is 7.10. The standard InChI is InChI=1S/C24H30N2O5S/c1-17-15-26(18(2)16-27)32(28,29)24-12-9-20(13-22(24)31-23(17)14-25-3)6-5-19-7-10-21(30-4)11-8-19/h7-13,17-18,23,25,27H,14-16H2,1-4H3/t17-,18+,23+/m0/s1. The van der Waals surface area contributed by atoms with E-state index >= 15 is 0 Å². The van der Waals surface area contributed by atoms with Crippen molar-refractivity contribution in [2.75, 3.05) is 33.9 Å². The van der Waals surface area contributed by atoms with Crippen LogP contribution in [0.3, 0.4) is 0 Å². The van der Waals surface area contributed by atoms with Gasteiger partial charge in [-0.25, -0.2) is 8.42 Å². The molecule has 0 saturated heterocycles. The Kier molecular flexibility index (Phi) is 7.80. The van der Waals surface area contributed by atoms with Crippen LogP contribution >= 0.6 is 0 Å². The number of benzene rings is 2. The number of ether oxygens (including phenoxy) is 2. The molecule has 0 aromatic heterocycles. The predicted molar refractivity (Wildman–Crippen MR) is 123 cm³/mol. The third kappa shape index (κ3) is 5.25. The molecule has 0 aliphatic carbocycles. The van der Waals surface area contributed by atoms with Gasteiger partial charge in [0.2, 0.25) is 10.0 Å². The number of fused-ring (bicyclic) bond motifs is 1. The molecule has 2 aromatic carbocycles. The van der Waals surface area contributed by atoms with Crippen LogP contribution in [0.2, 0.25) is 0 Å². The van der Waals surface area contributed by atoms with Crippen LogP contribution in [0.1, 0.15) is 25.0 Å². The largest absolute Gasteiger partial charge is 0.497 e. The van der Waals surface area contributed by atoms with Crippen LogP contribution in [-0.2, 0) is 10.0 Å². The topological polar surface area (TPSA) is 88.1 Å². The molecule has 1 aliphatic heterocycles. The van der Waals surface area contributed by atoms with Crippen molar-refractivity contribution >= 4 is 10.0 Å². The minimum absolute atomic E-state index is 0.0841. The second-order valence-electron chi connectivity index (χ2n) is 7.94. The van der Waals surface area contributed by atoms with Gasteiger partial charge in [-0.3, -0.25) is 0 Å². The Morgan fingerprint density at radius 1 is 1.22 bits per heavy atom. The fourth-order valence-electron chi connectivity index (χ4n) is 3.57. The number of aliphatic hydroxyl groups is 1. The Morgan fingerprint density at radius 2 is 1.88 bits per heavy atom. The van der Waals surface area contributed by atoms with Crippen molar-refractivity contribution in [1.29, 1.82) is 0 Å². The first-order chi connectivity index (χ1) is 15.3. The number of hydrogen-bond acceptors (Lipinski definition) is 6. The lowest BCUT2D eigenvalue weighted by atomic mass is 10.0. The van der Waals surface area contributed by atoms with Crippen LogP contribution in [-0.4, -0.2) is 63.8 Å². The number of nitrogens with one attached hydrogen (secondary N) is 1. The van der Waals surface area contributed by atoms with Crippen molar-refractivity contribution < 1.29 is 23.0 Å². The summed E-state index contributed by atoms with van der Waals surface area (Å²) in [5.41, 5.74) is 1.46. The third-order valence-corrected chi connectivity index (χ3v) is 7.53. The fraction of sp³-hybridized carbons (Fsp3) is 0.417. The zero-order chi connectivity index (χ0) is 23.3. The van der Waals surface area contributed by atoms with Crippen LogP contribution in [0.4, 0.5) is 0 Å². The second-order valence-corrected chi connectivity index (χ2v) is 9.80. The zero-order valence-electron chi connectivity index (χ0n) is 18.8. The van der Waals surface area contributed by atoms with E-state index in [-0.39, 0.29) is 35.8 Å². The van der Waals surface area contributed by atoms with E-state index in [2.05, 4.69) is 17.2 Å². The summed E-state index contributed by atoms with van der Waals surface area (Å²) < 4.78 is 39.5. The molecule has 0 bridgehead atoms. The third-order valence-electron chi connectivity index (χ3n) is 5.51. The molecule has 172 valence electrons. The minimum atomic E-state index is -3.85. The van der Waals surface area contributed by atoms with E-state index in [1.165, 1.54) is 10.4 Å². The molecular weight excluding hydrogens is 428 g/mol. The van der Waals surface area contributed by atoms with Crippen LogP contribution in [0.25, 0.3) is 0 Å². The lowest BCUT2D eigenvalue weighted by molar-refractivity contribution is 0.103. The van der Waals surface area contributed by atoms with Gasteiger partial charge in [0.25, 0.3) is 0 Å². The Morgan fingerprint density at radius 3 is 2.50 bits per heavy atom. The molecule has 1 aliphatic rings. The van der Waals surface area contributed by atoms with E-state index in [1.807, 2.05) is 38.2 Å². The second kappa shape index (κ2) is 10.4. The summed E-state index contributed by atoms with van der Waals surface area (Å²) >= 11 is 0. The Hall–Kier alpha value is -2.57. The van der Waals surface area contributed by atoms with Crippen molar-refractivity contribution in [1.82, 2.24) is 9.62 Å². The van der Waals surface area contributed by atoms with Crippen molar-refractivity contribution in [3.8, 4) is 23.3 Å². The first kappa shape index (κ1) is 24.1. The summed E-state index contributed by atoms with van der Waals surface area (Å²) in [6.45, 7) is 4.21. The maximum absolute atomic E-state index is 13.4. The van der Waals surface area contributed by atoms with Crippen LogP contribution < -0.4 is 14.8 Å². The first-order valence-corrected chi connectivity index (χ1v) is 12.0. The number of likely N-dealkylation sites (N-methyl/N-ethyl adjacent to an activating group) is 1. The molecule has 8 heteroatoms. The van der Waals surface area contributed by atoms with E-state index in [1.54, 1.807) is 26.2 Å². The molecule has 0 unspecified atom stereocenters. The SMILES string of the molecule is CNC[C@H]1Oc2cc(C#Cc3ccc(OC)cc3)ccc2S(=O)(=O)N([C@H](C)CO)C[C@@H]1C. The van der Waals surface area contributed by atoms with Crippen LogP contribution in [0.5, 0.6) is 11.5 Å². The highest BCUT2D eigenvalue weighted by molar-refractivity contribution is 7.89. The van der Waals surface area contributed by atoms with Gasteiger partial charge >= 0.3 is 0 Å². The predicted octanol–water partition coefficient (Wildman–Crippen LogP) is 2.08. The van der Waals surface area contributed by atoms with Gasteiger partial charge in [0, 0.05) is 36.2 Å². The van der Waals surface area contributed by atoms with Crippen molar-refractivity contribution in [3.05, 3.63) is 53.6 Å². The lowest BCUT2D eigenvalue weighted by Crippen LogP contribution is -2.49. The van der Waals surface area contributed by atoms with Crippen molar-refractivity contribution in [2.45, 2.75) is 30.9 Å². The molecule has 3 atom stereocenters. The first-order valence-electron chi connectivity index (χ1n) is 10.5. The highest BCUT2D eigenvalue weighted by Gasteiger charge is 2.37. The van der Waals surface area contributed by atoms with E-state index in [4.69, 9.17) is 9.47 Å². The molecule has 1 heterocycles. The maximum atomic E-state index is 13.4. The smallest absolute Gasteiger partial charge is 0.247 e. The van der Waals surface area contributed by atoms with Gasteiger partial charge in [-0.1, -0.05) is 18.8 Å². The molecule has 0 radical (unpaired) electrons. The number of nitrogens with zero attached hydrogens (tertiary/aromatic N) is 1. The molecule has 0 amide bonds. The zero-order valence-corrected chi connectivity index (χ0v) is 19.6. The quantitative estimate of drug-likeness (QED) is 0.667. The average molecular weight is 459 g/mol. The van der Waals surface area contributed by atoms with E-state index in [0.717, 1.165) is 11.3 Å². The molecule has 3 rings (SSSR count). The number of hydrogen-bond donors (Lipinski definition) is 2. The highest BCUT2D eigenvalue weighted by atomic mass is 32.2. The van der Waals surface area contributed by atoms with Gasteiger partial charge in [0.15, 0.2) is 0 Å². The minimum Gasteiger partial charge on any atom is -0.497 e. The molecule has 0 spiro atoms. The van der Waals surface area contributed by atoms with Crippen molar-refractivity contribution in [3.63, 3.8) is 0 Å². The van der Waals surface area contributed by atoms with E-state index in [9.17, 15) is 13.5 Å². The molecule has 0 saturated carbocycles. The Balaban J connectivity index is 2.03. The Bertz CT molecular complexity index is 1090. The summed E-state index contributed by atoms with van der Waals surface area (Å²) in [6, 6.07) is 11.7. The molecule has 7 nitrogen and oxygen atoms in total. The fourth-order valence-corrected chi connectivity index (χ4v) is 5.39. The number of sulfonamides is 1. The Labute approximate surface area is 190 Å². The van der Waals surface area contributed by atoms with E-state index in [0.29, 0.717) is 12.1 Å². The monoisotopic (exact) mass is 458 g/mol. The highest BCUT2D eigenvalue weighted by Crippen LogP contribution is 2.33. The van der Waals surface area contributed by atoms with Gasteiger partial charge in [0.05, 0.1) is 13.7 Å². The molecule has 2 aromatic rings. The van der Waals surface area contributed by atoms with Gasteiger partial charge in [0.1, 0.15) is 22.5 Å². The number of aliphatic hydroxyl groups excluding tert-OH is 1. The van der Waals surface area contributed by atoms with Gasteiger partial charge in [-0.15, -0.1) is 0 Å².